The Labute approximate surface area is 337 Å². The van der Waals surface area contributed by atoms with E-state index in [2.05, 4.69) is 0 Å². The van der Waals surface area contributed by atoms with Crippen molar-refractivity contribution in [1.29, 1.82) is 0 Å². The Bertz CT molecular complexity index is 2090. The second-order valence-corrected chi connectivity index (χ2v) is 19.1. The third-order valence-corrected chi connectivity index (χ3v) is 16.2. The topological polar surface area (TPSA) is 0 Å². The summed E-state index contributed by atoms with van der Waals surface area (Å²) in [5, 5.41) is 3.69. The van der Waals surface area contributed by atoms with Crippen LogP contribution in [0.25, 0.3) is 43.8 Å². The van der Waals surface area contributed by atoms with Gasteiger partial charge in [-0.3, -0.25) is 0 Å². The van der Waals surface area contributed by atoms with Gasteiger partial charge in [-0.15, -0.1) is 68.3 Å². The van der Waals surface area contributed by atoms with Gasteiger partial charge in [0.05, 0.1) is 30.3 Å². The molecule has 14 heteroatoms. The molecule has 0 N–H and O–H groups in total. The molecule has 0 atom stereocenters. The fourth-order valence-electron chi connectivity index (χ4n) is 7.84. The summed E-state index contributed by atoms with van der Waals surface area (Å²) in [5.74, 6) is 0. The van der Waals surface area contributed by atoms with Gasteiger partial charge in [0.1, 0.15) is 0 Å². The van der Waals surface area contributed by atoms with Gasteiger partial charge in [-0.05, 0) is 58.6 Å². The molecule has 0 unspecified atom stereocenters. The van der Waals surface area contributed by atoms with Crippen LogP contribution in [-0.2, 0) is 50.5 Å². The van der Waals surface area contributed by atoms with E-state index < -0.39 is 55.0 Å². The fraction of sp³-hybridized carbons (Fsp3) is 0.238. The van der Waals surface area contributed by atoms with Gasteiger partial charge >= 0.3 is 50.5 Å². The van der Waals surface area contributed by atoms with Gasteiger partial charge in [0.15, 0.2) is 0 Å². The van der Waals surface area contributed by atoms with Gasteiger partial charge in [0.25, 0.3) is 0 Å². The largest absolute Gasteiger partial charge is 4.00 e. The molecule has 0 radical (unpaired) electrons. The van der Waals surface area contributed by atoms with Crippen molar-refractivity contribution >= 4 is 40.0 Å². The molecule has 0 aliphatic rings. The van der Waals surface area contributed by atoms with Crippen LogP contribution in [0.1, 0.15) is 49.9 Å². The van der Waals surface area contributed by atoms with Gasteiger partial charge in [-0.2, -0.15) is 64.8 Å². The number of hydrogen-bond donors (Lipinski definition) is 0. The molecule has 6 rings (SSSR count). The minimum atomic E-state index is -5.04. The Balaban J connectivity index is 0.00000280. The zero-order valence-electron chi connectivity index (χ0n) is 30.9. The summed E-state index contributed by atoms with van der Waals surface area (Å²) in [6.45, 7) is 7.98. The van der Waals surface area contributed by atoms with Crippen molar-refractivity contribution in [1.82, 2.24) is 0 Å². The van der Waals surface area contributed by atoms with Gasteiger partial charge in [0.2, 0.25) is 0 Å². The summed E-state index contributed by atoms with van der Waals surface area (Å²) in [6, 6.07) is 19.7. The van der Waals surface area contributed by atoms with Gasteiger partial charge in [-0.25, -0.2) is 0 Å². The van der Waals surface area contributed by atoms with Crippen LogP contribution in [0.5, 0.6) is 0 Å². The first-order valence-corrected chi connectivity index (χ1v) is 18.6. The first kappa shape index (κ1) is 46.7. The van der Waals surface area contributed by atoms with E-state index in [-0.39, 0.29) is 86.2 Å². The summed E-state index contributed by atoms with van der Waals surface area (Å²) >= 11 is 0. The molecule has 0 saturated carbocycles. The maximum atomic E-state index is 13.8. The molecule has 0 heterocycles. The standard InChI is InChI=1S/C40H30F12Si.2CH3.Hf/c1-21(2)53(22(3)4,31-15-23-7-5-9-33(35(23)19-31)25-11-27(37(41,42)43)17-28(12-25)38(44,45)46)32-16-24-8-6-10-34(36(24)20-32)26-13-29(39(47,48)49)18-30(14-26)40(50,51)52;;;/h5-22H,1-4H3;2*1H3;/q-2;2*-1;+4. The predicted octanol–water partition coefficient (Wildman–Crippen LogP) is 14.1. The van der Waals surface area contributed by atoms with E-state index in [1.165, 1.54) is 12.1 Å². The number of hydrogen-bond acceptors (Lipinski definition) is 0. The number of alkyl halides is 12. The maximum Gasteiger partial charge on any atom is 4.00 e. The van der Waals surface area contributed by atoms with Crippen LogP contribution in [0.4, 0.5) is 52.7 Å². The second-order valence-electron chi connectivity index (χ2n) is 13.9. The van der Waals surface area contributed by atoms with Crippen LogP contribution in [0.15, 0.2) is 97.1 Å². The molecule has 6 aromatic rings. The average Bonchev–Trinajstić information content (AvgIpc) is 3.67. The van der Waals surface area contributed by atoms with Crippen molar-refractivity contribution in [3.05, 3.63) is 134 Å². The van der Waals surface area contributed by atoms with E-state index in [4.69, 9.17) is 0 Å². The molecule has 0 bridgehead atoms. The fourth-order valence-corrected chi connectivity index (χ4v) is 13.7. The Morgan fingerprint density at radius 3 is 0.982 bits per heavy atom. The van der Waals surface area contributed by atoms with Crippen molar-refractivity contribution in [2.45, 2.75) is 63.5 Å². The van der Waals surface area contributed by atoms with Crippen LogP contribution in [0.3, 0.4) is 0 Å². The molecule has 0 fully saturated rings. The third kappa shape index (κ3) is 8.46. The first-order chi connectivity index (χ1) is 24.4. The average molecular weight is 975 g/mol. The number of fused-ring (bicyclic) bond motifs is 2. The second kappa shape index (κ2) is 15.9. The summed E-state index contributed by atoms with van der Waals surface area (Å²) in [7, 11) is -3.00. The molecule has 296 valence electrons. The van der Waals surface area contributed by atoms with Crippen LogP contribution in [0.2, 0.25) is 11.1 Å². The third-order valence-electron chi connectivity index (χ3n) is 10.1. The predicted molar refractivity (Wildman–Crippen MR) is 198 cm³/mol. The van der Waals surface area contributed by atoms with Crippen LogP contribution < -0.4 is 10.4 Å². The SMILES string of the molecule is CC(C)[Si](c1cc2c(-c3cc(C(F)(F)F)cc(C(F)(F)F)c3)cccc2[cH-]1)(c1cc2c(-c3cc(C(F)(F)F)cc(C(F)(F)F)c3)cccc2[cH-]1)C(C)C.[CH3-].[CH3-].[Hf+4]. The molecule has 0 amide bonds. The van der Waals surface area contributed by atoms with E-state index in [9.17, 15) is 52.7 Å². The number of rotatable bonds is 6. The maximum absolute atomic E-state index is 13.8. The molecule has 0 spiro atoms. The molecule has 0 aromatic heterocycles. The van der Waals surface area contributed by atoms with Crippen molar-refractivity contribution in [2.24, 2.45) is 0 Å². The zero-order valence-corrected chi connectivity index (χ0v) is 35.5. The quantitative estimate of drug-likeness (QED) is 0.0886. The monoisotopic (exact) mass is 976 g/mol. The zero-order chi connectivity index (χ0) is 39.1. The number of halogens is 12. The van der Waals surface area contributed by atoms with E-state index in [0.717, 1.165) is 10.4 Å². The molecular weight excluding hydrogens is 939 g/mol. The molecule has 6 aromatic carbocycles. The summed E-state index contributed by atoms with van der Waals surface area (Å²) in [6.07, 6.45) is -20.2. The van der Waals surface area contributed by atoms with E-state index >= 15 is 0 Å². The molecule has 0 saturated heterocycles. The van der Waals surface area contributed by atoms with Crippen molar-refractivity contribution in [3.8, 4) is 22.3 Å². The van der Waals surface area contributed by atoms with E-state index in [1.54, 1.807) is 36.4 Å². The Kier molecular flexibility index (Phi) is 13.3. The minimum Gasteiger partial charge on any atom is -0.358 e. The minimum absolute atomic E-state index is 0. The number of benzene rings is 4. The Morgan fingerprint density at radius 1 is 0.446 bits per heavy atom. The van der Waals surface area contributed by atoms with Gasteiger partial charge in [0, 0.05) is 0 Å². The summed E-state index contributed by atoms with van der Waals surface area (Å²) in [4.78, 5) is 0. The molecular formula is C42H36F12HfSi. The normalized spacial score (nSPS) is 12.9. The first-order valence-electron chi connectivity index (χ1n) is 16.4. The van der Waals surface area contributed by atoms with Crippen LogP contribution in [0, 0.1) is 14.9 Å². The Hall–Kier alpha value is -3.65. The summed E-state index contributed by atoms with van der Waals surface area (Å²) in [5.41, 5.74) is -6.11. The van der Waals surface area contributed by atoms with Crippen LogP contribution in [-0.4, -0.2) is 8.07 Å². The van der Waals surface area contributed by atoms with E-state index in [1.807, 2.05) is 39.8 Å². The molecule has 0 aliphatic carbocycles. The van der Waals surface area contributed by atoms with Gasteiger partial charge in [-0.1, -0.05) is 51.0 Å². The van der Waals surface area contributed by atoms with Gasteiger partial charge < -0.3 is 14.9 Å². The van der Waals surface area contributed by atoms with Crippen LogP contribution >= 0.6 is 0 Å². The smallest absolute Gasteiger partial charge is 0.358 e. The molecule has 0 aliphatic heterocycles. The summed E-state index contributed by atoms with van der Waals surface area (Å²) < 4.78 is 166. The Morgan fingerprint density at radius 2 is 0.732 bits per heavy atom. The van der Waals surface area contributed by atoms with Crippen molar-refractivity contribution < 1.29 is 78.5 Å². The van der Waals surface area contributed by atoms with Crippen molar-refractivity contribution in [3.63, 3.8) is 0 Å². The molecule has 0 nitrogen and oxygen atoms in total. The van der Waals surface area contributed by atoms with Crippen molar-refractivity contribution in [2.75, 3.05) is 0 Å². The van der Waals surface area contributed by atoms with E-state index in [0.29, 0.717) is 45.8 Å². The molecule has 56 heavy (non-hydrogen) atoms.